The summed E-state index contributed by atoms with van der Waals surface area (Å²) in [7, 11) is 0. The van der Waals surface area contributed by atoms with Crippen LogP contribution in [0.15, 0.2) is 54.6 Å². The third-order valence-electron chi connectivity index (χ3n) is 5.08. The largest absolute Gasteiger partial charge is 0.387 e. The minimum atomic E-state index is -0.372. The average molecular weight is 309 g/mol. The van der Waals surface area contributed by atoms with Gasteiger partial charge in [-0.3, -0.25) is 4.90 Å². The highest BCUT2D eigenvalue weighted by atomic mass is 16.3. The molecule has 2 heteroatoms. The first-order chi connectivity index (χ1) is 11.3. The molecule has 3 rings (SSSR count). The van der Waals surface area contributed by atoms with Gasteiger partial charge in [0.2, 0.25) is 0 Å². The fraction of sp³-hybridized carbons (Fsp3) is 0.429. The van der Waals surface area contributed by atoms with Crippen LogP contribution >= 0.6 is 0 Å². The molecule has 1 aliphatic heterocycles. The van der Waals surface area contributed by atoms with Crippen LogP contribution in [-0.2, 0) is 12.8 Å². The Kier molecular flexibility index (Phi) is 5.47. The molecular weight excluding hydrogens is 282 g/mol. The molecular formula is C21H27NO. The smallest absolute Gasteiger partial charge is 0.0945 e. The lowest BCUT2D eigenvalue weighted by Crippen LogP contribution is -2.37. The van der Waals surface area contributed by atoms with Gasteiger partial charge in [-0.05, 0) is 55.8 Å². The minimum Gasteiger partial charge on any atom is -0.387 e. The Morgan fingerprint density at radius 2 is 1.74 bits per heavy atom. The van der Waals surface area contributed by atoms with E-state index >= 15 is 0 Å². The Morgan fingerprint density at radius 1 is 1.00 bits per heavy atom. The van der Waals surface area contributed by atoms with Crippen LogP contribution in [-0.4, -0.2) is 29.1 Å². The van der Waals surface area contributed by atoms with Crippen molar-refractivity contribution in [2.24, 2.45) is 0 Å². The van der Waals surface area contributed by atoms with Gasteiger partial charge in [0.1, 0.15) is 0 Å². The monoisotopic (exact) mass is 309 g/mol. The number of aryl methyl sites for hydroxylation is 1. The maximum atomic E-state index is 10.7. The molecule has 122 valence electrons. The van der Waals surface area contributed by atoms with Crippen molar-refractivity contribution in [2.75, 3.05) is 13.1 Å². The summed E-state index contributed by atoms with van der Waals surface area (Å²) in [6, 6.07) is 19.2. The van der Waals surface area contributed by atoms with Crippen molar-refractivity contribution in [2.45, 2.75) is 44.8 Å². The maximum absolute atomic E-state index is 10.7. The zero-order valence-corrected chi connectivity index (χ0v) is 14.0. The second-order valence-corrected chi connectivity index (χ2v) is 6.61. The third kappa shape index (κ3) is 4.01. The number of aliphatic hydroxyl groups excluding tert-OH is 1. The first-order valence-corrected chi connectivity index (χ1v) is 8.79. The number of rotatable bonds is 5. The van der Waals surface area contributed by atoms with Gasteiger partial charge >= 0.3 is 0 Å². The minimum absolute atomic E-state index is 0.190. The zero-order chi connectivity index (χ0) is 16.1. The van der Waals surface area contributed by atoms with Gasteiger partial charge in [0.15, 0.2) is 0 Å². The number of unbranched alkanes of at least 4 members (excludes halogenated alkanes) is 1. The van der Waals surface area contributed by atoms with Crippen molar-refractivity contribution in [1.29, 1.82) is 0 Å². The predicted octanol–water partition coefficient (Wildman–Crippen LogP) is 3.99. The molecule has 0 amide bonds. The highest BCUT2D eigenvalue weighted by Crippen LogP contribution is 2.28. The zero-order valence-electron chi connectivity index (χ0n) is 14.0. The van der Waals surface area contributed by atoms with Gasteiger partial charge in [-0.2, -0.15) is 0 Å². The molecule has 2 aromatic carbocycles. The van der Waals surface area contributed by atoms with E-state index in [9.17, 15) is 5.11 Å². The van der Waals surface area contributed by atoms with Gasteiger partial charge in [0, 0.05) is 12.6 Å². The lowest BCUT2D eigenvalue weighted by atomic mass is 9.98. The average Bonchev–Trinajstić information content (AvgIpc) is 2.72. The van der Waals surface area contributed by atoms with Gasteiger partial charge in [-0.15, -0.1) is 0 Å². The quantitative estimate of drug-likeness (QED) is 0.844. The summed E-state index contributed by atoms with van der Waals surface area (Å²) in [5, 5.41) is 10.7. The van der Waals surface area contributed by atoms with Crippen molar-refractivity contribution in [3.8, 4) is 0 Å². The summed E-state index contributed by atoms with van der Waals surface area (Å²) in [6.45, 7) is 4.27. The fourth-order valence-electron chi connectivity index (χ4n) is 3.58. The lowest BCUT2D eigenvalue weighted by Gasteiger charge is -2.30. The van der Waals surface area contributed by atoms with Crippen LogP contribution in [0.25, 0.3) is 0 Å². The first-order valence-electron chi connectivity index (χ1n) is 8.79. The molecule has 0 aliphatic carbocycles. The van der Waals surface area contributed by atoms with E-state index in [1.807, 2.05) is 6.07 Å². The van der Waals surface area contributed by atoms with Gasteiger partial charge in [-0.1, -0.05) is 54.6 Å². The molecule has 0 aromatic heterocycles. The number of benzene rings is 2. The summed E-state index contributed by atoms with van der Waals surface area (Å²) in [4.78, 5) is 2.45. The van der Waals surface area contributed by atoms with Crippen molar-refractivity contribution in [3.63, 3.8) is 0 Å². The Morgan fingerprint density at radius 3 is 2.57 bits per heavy atom. The number of hydrogen-bond acceptors (Lipinski definition) is 2. The van der Waals surface area contributed by atoms with Crippen LogP contribution < -0.4 is 0 Å². The van der Waals surface area contributed by atoms with Crippen molar-refractivity contribution in [3.05, 3.63) is 71.3 Å². The van der Waals surface area contributed by atoms with Crippen LogP contribution in [0.4, 0.5) is 0 Å². The van der Waals surface area contributed by atoms with Crippen molar-refractivity contribution >= 4 is 0 Å². The van der Waals surface area contributed by atoms with E-state index in [1.54, 1.807) is 0 Å². The maximum Gasteiger partial charge on any atom is 0.0945 e. The molecule has 23 heavy (non-hydrogen) atoms. The second-order valence-electron chi connectivity index (χ2n) is 6.61. The third-order valence-corrected chi connectivity index (χ3v) is 5.08. The second kappa shape index (κ2) is 7.76. The van der Waals surface area contributed by atoms with Crippen molar-refractivity contribution in [1.82, 2.24) is 4.90 Å². The summed E-state index contributed by atoms with van der Waals surface area (Å²) in [6.07, 6.45) is 4.20. The highest BCUT2D eigenvalue weighted by molar-refractivity contribution is 5.31. The Bertz CT molecular complexity index is 610. The Labute approximate surface area is 139 Å². The SMILES string of the molecule is CC1C(O)c2ccccc2CCN1CCCCc1ccccc1. The van der Waals surface area contributed by atoms with Crippen LogP contribution in [0.3, 0.4) is 0 Å². The molecule has 2 aromatic rings. The number of nitrogens with zero attached hydrogens (tertiary/aromatic N) is 1. The van der Waals surface area contributed by atoms with Crippen LogP contribution in [0.1, 0.15) is 42.6 Å². The molecule has 0 bridgehead atoms. The van der Waals surface area contributed by atoms with Crippen LogP contribution in [0.2, 0.25) is 0 Å². The summed E-state index contributed by atoms with van der Waals surface area (Å²) < 4.78 is 0. The molecule has 1 aliphatic rings. The van der Waals surface area contributed by atoms with E-state index in [4.69, 9.17) is 0 Å². The molecule has 2 unspecified atom stereocenters. The van der Waals surface area contributed by atoms with E-state index in [-0.39, 0.29) is 12.1 Å². The summed E-state index contributed by atoms with van der Waals surface area (Å²) in [5.74, 6) is 0. The molecule has 0 radical (unpaired) electrons. The molecule has 0 saturated heterocycles. The molecule has 1 N–H and O–H groups in total. The summed E-state index contributed by atoms with van der Waals surface area (Å²) >= 11 is 0. The molecule has 1 heterocycles. The standard InChI is InChI=1S/C21H27NO/c1-17-21(23)20-13-6-5-12-19(20)14-16-22(17)15-8-7-11-18-9-3-2-4-10-18/h2-6,9-10,12-13,17,21,23H,7-8,11,14-16H2,1H3. The number of fused-ring (bicyclic) bond motifs is 1. The van der Waals surface area contributed by atoms with Crippen LogP contribution in [0.5, 0.6) is 0 Å². The Balaban J connectivity index is 1.53. The molecule has 0 spiro atoms. The normalized spacial score (nSPS) is 21.7. The van der Waals surface area contributed by atoms with E-state index in [0.29, 0.717) is 0 Å². The number of hydrogen-bond donors (Lipinski definition) is 1. The molecule has 0 saturated carbocycles. The van der Waals surface area contributed by atoms with E-state index < -0.39 is 0 Å². The van der Waals surface area contributed by atoms with Crippen molar-refractivity contribution < 1.29 is 5.11 Å². The van der Waals surface area contributed by atoms with E-state index in [0.717, 1.165) is 31.5 Å². The van der Waals surface area contributed by atoms with Gasteiger partial charge in [0.25, 0.3) is 0 Å². The van der Waals surface area contributed by atoms with E-state index in [1.165, 1.54) is 24.0 Å². The van der Waals surface area contributed by atoms with Crippen LogP contribution in [0, 0.1) is 0 Å². The molecule has 2 nitrogen and oxygen atoms in total. The van der Waals surface area contributed by atoms with Gasteiger partial charge < -0.3 is 5.11 Å². The van der Waals surface area contributed by atoms with E-state index in [2.05, 4.69) is 60.4 Å². The Hall–Kier alpha value is -1.64. The first kappa shape index (κ1) is 16.2. The lowest BCUT2D eigenvalue weighted by molar-refractivity contribution is 0.0635. The molecule has 2 atom stereocenters. The fourth-order valence-corrected chi connectivity index (χ4v) is 3.58. The number of aliphatic hydroxyl groups is 1. The summed E-state index contributed by atoms with van der Waals surface area (Å²) in [5.41, 5.74) is 3.84. The van der Waals surface area contributed by atoms with Gasteiger partial charge in [0.05, 0.1) is 6.10 Å². The van der Waals surface area contributed by atoms with Gasteiger partial charge in [-0.25, -0.2) is 0 Å². The highest BCUT2D eigenvalue weighted by Gasteiger charge is 2.27. The predicted molar refractivity (Wildman–Crippen MR) is 95.5 cm³/mol. The molecule has 0 fully saturated rings. The topological polar surface area (TPSA) is 23.5 Å².